The van der Waals surface area contributed by atoms with E-state index in [9.17, 15) is 19.2 Å². The molecule has 0 radical (unpaired) electrons. The van der Waals surface area contributed by atoms with Gasteiger partial charge in [-0.15, -0.1) is 0 Å². The lowest BCUT2D eigenvalue weighted by atomic mass is 10.2. The maximum Gasteiger partial charge on any atom is 0.412 e. The minimum atomic E-state index is -0.631. The van der Waals surface area contributed by atoms with Gasteiger partial charge in [-0.1, -0.05) is 19.2 Å². The molecule has 11 heteroatoms. The summed E-state index contributed by atoms with van der Waals surface area (Å²) in [5, 5.41) is 2.54. The highest BCUT2D eigenvalue weighted by molar-refractivity contribution is 5.92. The number of hydrogen-bond donors (Lipinski definition) is 1. The van der Waals surface area contributed by atoms with Crippen molar-refractivity contribution in [2.45, 2.75) is 26.2 Å². The summed E-state index contributed by atoms with van der Waals surface area (Å²) in [6.45, 7) is 9.93. The van der Waals surface area contributed by atoms with Gasteiger partial charge in [0.15, 0.2) is 0 Å². The van der Waals surface area contributed by atoms with E-state index in [-0.39, 0.29) is 29.5 Å². The first-order chi connectivity index (χ1) is 21.2. The summed E-state index contributed by atoms with van der Waals surface area (Å²) < 4.78 is 31.4. The number of methoxy groups -OCH3 is 1. The van der Waals surface area contributed by atoms with Crippen molar-refractivity contribution in [2.24, 2.45) is 0 Å². The minimum Gasteiger partial charge on any atom is -0.494 e. The maximum absolute atomic E-state index is 12.6. The SMILES string of the molecule is C=CC(=O)OCCCCOc1ccc(C(=O)O/C(C=C)=C/C=C(\C)OC(=O)C2=CCC=C(OC(=O)NCCOC)C=C2)cc1. The van der Waals surface area contributed by atoms with Crippen LogP contribution in [0.1, 0.15) is 36.5 Å². The van der Waals surface area contributed by atoms with Crippen LogP contribution in [0.3, 0.4) is 0 Å². The van der Waals surface area contributed by atoms with Gasteiger partial charge in [-0.3, -0.25) is 0 Å². The van der Waals surface area contributed by atoms with E-state index in [0.29, 0.717) is 50.3 Å². The van der Waals surface area contributed by atoms with Crippen LogP contribution < -0.4 is 10.1 Å². The first-order valence-corrected chi connectivity index (χ1v) is 13.8. The lowest BCUT2D eigenvalue weighted by Crippen LogP contribution is -2.27. The topological polar surface area (TPSA) is 136 Å². The van der Waals surface area contributed by atoms with Crippen molar-refractivity contribution in [1.82, 2.24) is 5.32 Å². The molecule has 0 saturated carbocycles. The maximum atomic E-state index is 12.6. The van der Waals surface area contributed by atoms with Crippen molar-refractivity contribution < 1.29 is 47.6 Å². The second kappa shape index (κ2) is 19.9. The molecule has 11 nitrogen and oxygen atoms in total. The predicted molar refractivity (Wildman–Crippen MR) is 162 cm³/mol. The normalized spacial score (nSPS) is 13.0. The van der Waals surface area contributed by atoms with Gasteiger partial charge in [-0.25, -0.2) is 19.2 Å². The fourth-order valence-electron chi connectivity index (χ4n) is 3.30. The molecule has 0 saturated heterocycles. The lowest BCUT2D eigenvalue weighted by molar-refractivity contribution is -0.138. The molecular formula is C33H37NO10. The monoisotopic (exact) mass is 607 g/mol. The highest BCUT2D eigenvalue weighted by Crippen LogP contribution is 2.17. The van der Waals surface area contributed by atoms with Crippen molar-refractivity contribution in [2.75, 3.05) is 33.5 Å². The Morgan fingerprint density at radius 2 is 1.64 bits per heavy atom. The molecule has 234 valence electrons. The van der Waals surface area contributed by atoms with Crippen LogP contribution in [0.25, 0.3) is 0 Å². The molecule has 0 bridgehead atoms. The molecule has 1 aromatic carbocycles. The molecule has 0 spiro atoms. The average molecular weight is 608 g/mol. The number of carbonyl (C=O) groups is 4. The third kappa shape index (κ3) is 13.7. The number of allylic oxidation sites excluding steroid dienone is 7. The molecule has 1 aliphatic rings. The van der Waals surface area contributed by atoms with Gasteiger partial charge in [0.05, 0.1) is 31.0 Å². The molecule has 0 fully saturated rings. The predicted octanol–water partition coefficient (Wildman–Crippen LogP) is 5.39. The largest absolute Gasteiger partial charge is 0.494 e. The Bertz CT molecular complexity index is 1330. The average Bonchev–Trinajstić information content (AvgIpc) is 3.26. The highest BCUT2D eigenvalue weighted by Gasteiger charge is 2.13. The Kier molecular flexibility index (Phi) is 15.8. The number of rotatable bonds is 17. The van der Waals surface area contributed by atoms with Crippen molar-refractivity contribution in [3.05, 3.63) is 114 Å². The van der Waals surface area contributed by atoms with Crippen LogP contribution in [0.4, 0.5) is 4.79 Å². The Labute approximate surface area is 256 Å². The van der Waals surface area contributed by atoms with Crippen molar-refractivity contribution in [3.63, 3.8) is 0 Å². The van der Waals surface area contributed by atoms with Gasteiger partial charge in [0.25, 0.3) is 0 Å². The fourth-order valence-corrected chi connectivity index (χ4v) is 3.30. The standard InChI is InChI=1S/C33H37NO10/c1-5-27(43-32(37)26-13-17-28(18-14-26)40-21-7-8-22-41-30(35)6-2)16-12-24(3)42-31(36)25-10-9-11-29(19-15-25)44-33(38)34-20-23-39-4/h5-6,10-19H,1-2,7-9,20-23H2,3-4H3,(H,34,38)/b24-12+,27-16+. The van der Waals surface area contributed by atoms with E-state index in [2.05, 4.69) is 18.5 Å². The second-order valence-electron chi connectivity index (χ2n) is 8.93. The van der Waals surface area contributed by atoms with Gasteiger partial charge >= 0.3 is 24.0 Å². The first-order valence-electron chi connectivity index (χ1n) is 13.8. The third-order valence-corrected chi connectivity index (χ3v) is 5.56. The molecule has 0 unspecified atom stereocenters. The zero-order valence-corrected chi connectivity index (χ0v) is 24.9. The number of esters is 3. The van der Waals surface area contributed by atoms with Crippen LogP contribution >= 0.6 is 0 Å². The van der Waals surface area contributed by atoms with E-state index in [1.807, 2.05) is 0 Å². The smallest absolute Gasteiger partial charge is 0.412 e. The van der Waals surface area contributed by atoms with Gasteiger partial charge in [0, 0.05) is 19.7 Å². The van der Waals surface area contributed by atoms with E-state index in [1.165, 1.54) is 37.5 Å². The summed E-state index contributed by atoms with van der Waals surface area (Å²) >= 11 is 0. The van der Waals surface area contributed by atoms with Gasteiger partial charge < -0.3 is 33.7 Å². The summed E-state index contributed by atoms with van der Waals surface area (Å²) in [5.74, 6) is -0.432. The molecule has 0 aromatic heterocycles. The summed E-state index contributed by atoms with van der Waals surface area (Å²) in [6.07, 6.45) is 12.7. The van der Waals surface area contributed by atoms with E-state index in [0.717, 1.165) is 6.08 Å². The number of carbonyl (C=O) groups excluding carboxylic acids is 4. The quantitative estimate of drug-likeness (QED) is 0.0613. The first kappa shape index (κ1) is 35.0. The summed E-state index contributed by atoms with van der Waals surface area (Å²) in [5.41, 5.74) is 0.568. The van der Waals surface area contributed by atoms with Crippen LogP contribution in [0.2, 0.25) is 0 Å². The molecule has 0 atom stereocenters. The minimum absolute atomic E-state index is 0.145. The fraction of sp³-hybridized carbons (Fsp3) is 0.273. The number of unbranched alkanes of at least 4 members (excludes halogenated alkanes) is 1. The Morgan fingerprint density at radius 1 is 0.886 bits per heavy atom. The molecule has 0 aliphatic heterocycles. The Morgan fingerprint density at radius 3 is 2.34 bits per heavy atom. The summed E-state index contributed by atoms with van der Waals surface area (Å²) in [7, 11) is 1.52. The molecule has 1 N–H and O–H groups in total. The zero-order chi connectivity index (χ0) is 32.2. The Hall–Kier alpha value is -5.16. The number of alkyl carbamates (subject to hydrolysis) is 1. The third-order valence-electron chi connectivity index (χ3n) is 5.56. The van der Waals surface area contributed by atoms with Crippen molar-refractivity contribution in [3.8, 4) is 5.75 Å². The number of benzene rings is 1. The molecule has 1 aliphatic carbocycles. The number of nitrogens with one attached hydrogen (secondary N) is 1. The van der Waals surface area contributed by atoms with E-state index in [4.69, 9.17) is 28.4 Å². The van der Waals surface area contributed by atoms with Gasteiger partial charge in [0.2, 0.25) is 0 Å². The lowest BCUT2D eigenvalue weighted by Gasteiger charge is -2.08. The number of amides is 1. The van der Waals surface area contributed by atoms with Crippen LogP contribution in [0, 0.1) is 0 Å². The van der Waals surface area contributed by atoms with Gasteiger partial charge in [0.1, 0.15) is 23.0 Å². The van der Waals surface area contributed by atoms with E-state index < -0.39 is 24.0 Å². The molecule has 0 heterocycles. The Balaban J connectivity index is 1.83. The molecule has 1 aromatic rings. The van der Waals surface area contributed by atoms with Crippen molar-refractivity contribution in [1.29, 1.82) is 0 Å². The van der Waals surface area contributed by atoms with Crippen molar-refractivity contribution >= 4 is 24.0 Å². The van der Waals surface area contributed by atoms with Crippen LogP contribution in [0.15, 0.2) is 109 Å². The van der Waals surface area contributed by atoms with Crippen LogP contribution in [0.5, 0.6) is 5.75 Å². The molecule has 1 amide bonds. The summed E-state index contributed by atoms with van der Waals surface area (Å²) in [4.78, 5) is 48.0. The second-order valence-corrected chi connectivity index (χ2v) is 8.93. The van der Waals surface area contributed by atoms with Gasteiger partial charge in [-0.2, -0.15) is 0 Å². The molecule has 2 rings (SSSR count). The summed E-state index contributed by atoms with van der Waals surface area (Å²) in [6, 6.07) is 6.43. The number of hydrogen-bond acceptors (Lipinski definition) is 10. The van der Waals surface area contributed by atoms with E-state index >= 15 is 0 Å². The zero-order valence-electron chi connectivity index (χ0n) is 24.9. The van der Waals surface area contributed by atoms with E-state index in [1.54, 1.807) is 43.3 Å². The van der Waals surface area contributed by atoms with Gasteiger partial charge in [-0.05, 0) is 86.9 Å². The molecular weight excluding hydrogens is 570 g/mol. The number of ether oxygens (including phenoxy) is 6. The highest BCUT2D eigenvalue weighted by atomic mass is 16.6. The molecule has 44 heavy (non-hydrogen) atoms. The van der Waals surface area contributed by atoms with Crippen LogP contribution in [-0.2, 0) is 33.3 Å². The van der Waals surface area contributed by atoms with Crippen LogP contribution in [-0.4, -0.2) is 57.5 Å².